The molecule has 1 aliphatic rings. The minimum atomic E-state index is -0.417. The zero-order chi connectivity index (χ0) is 17.8. The molecule has 2 aromatic rings. The Morgan fingerprint density at radius 3 is 3.00 bits per heavy atom. The van der Waals surface area contributed by atoms with E-state index in [-0.39, 0.29) is 11.7 Å². The van der Waals surface area contributed by atoms with Crippen LogP contribution in [0.1, 0.15) is 6.42 Å². The number of nitrogens with zero attached hydrogens (tertiary/aromatic N) is 4. The Kier molecular flexibility index (Phi) is 5.13. The molecule has 1 N–H and O–H groups in total. The van der Waals surface area contributed by atoms with Crippen molar-refractivity contribution in [3.63, 3.8) is 0 Å². The molecule has 0 radical (unpaired) electrons. The van der Waals surface area contributed by atoms with Crippen molar-refractivity contribution < 1.29 is 14.3 Å². The lowest BCUT2D eigenvalue weighted by Crippen LogP contribution is -2.32. The van der Waals surface area contributed by atoms with E-state index >= 15 is 0 Å². The highest BCUT2D eigenvalue weighted by Crippen LogP contribution is 2.15. The van der Waals surface area contributed by atoms with Crippen molar-refractivity contribution in [2.45, 2.75) is 19.1 Å². The third-order valence-corrected chi connectivity index (χ3v) is 4.22. The number of alkyl carbamates (subject to hydrolysis) is 1. The molecular formula is C16H21N5O4. The maximum atomic E-state index is 12.2. The summed E-state index contributed by atoms with van der Waals surface area (Å²) in [6, 6.07) is 3.49. The lowest BCUT2D eigenvalue weighted by atomic mass is 10.3. The van der Waals surface area contributed by atoms with Crippen LogP contribution in [0.2, 0.25) is 0 Å². The molecule has 3 heterocycles. The molecule has 25 heavy (non-hydrogen) atoms. The Labute approximate surface area is 144 Å². The second-order valence-corrected chi connectivity index (χ2v) is 5.81. The number of likely N-dealkylation sites (tertiary alicyclic amines) is 1. The van der Waals surface area contributed by atoms with Gasteiger partial charge in [0.2, 0.25) is 5.88 Å². The number of hydrogen-bond acceptors (Lipinski definition) is 7. The van der Waals surface area contributed by atoms with Gasteiger partial charge in [-0.2, -0.15) is 4.98 Å². The number of rotatable bonds is 5. The number of methoxy groups -OCH3 is 1. The van der Waals surface area contributed by atoms with E-state index in [0.29, 0.717) is 36.7 Å². The van der Waals surface area contributed by atoms with Crippen LogP contribution in [-0.2, 0) is 11.3 Å². The highest BCUT2D eigenvalue weighted by Gasteiger charge is 2.25. The van der Waals surface area contributed by atoms with E-state index in [1.165, 1.54) is 20.4 Å². The SMILES string of the molecule is CNC(=O)O[C@H]1CCN(CCn2c(=O)cnc3ccc(OC)nc32)C1. The molecule has 9 heteroatoms. The molecule has 0 unspecified atom stereocenters. The monoisotopic (exact) mass is 347 g/mol. The largest absolute Gasteiger partial charge is 0.481 e. The first-order valence-corrected chi connectivity index (χ1v) is 8.12. The van der Waals surface area contributed by atoms with Crippen molar-refractivity contribution in [3.05, 3.63) is 28.7 Å². The highest BCUT2D eigenvalue weighted by molar-refractivity contribution is 5.70. The number of ether oxygens (including phenoxy) is 2. The van der Waals surface area contributed by atoms with Crippen LogP contribution < -0.4 is 15.6 Å². The second kappa shape index (κ2) is 7.47. The van der Waals surface area contributed by atoms with Gasteiger partial charge in [-0.15, -0.1) is 0 Å². The van der Waals surface area contributed by atoms with Crippen LogP contribution >= 0.6 is 0 Å². The number of amides is 1. The third kappa shape index (κ3) is 3.87. The summed E-state index contributed by atoms with van der Waals surface area (Å²) in [6.45, 7) is 2.61. The van der Waals surface area contributed by atoms with Crippen molar-refractivity contribution in [1.82, 2.24) is 24.8 Å². The molecule has 1 aliphatic heterocycles. The zero-order valence-electron chi connectivity index (χ0n) is 14.3. The van der Waals surface area contributed by atoms with Gasteiger partial charge in [-0.05, 0) is 12.5 Å². The predicted octanol–water partition coefficient (Wildman–Crippen LogP) is 0.230. The van der Waals surface area contributed by atoms with E-state index in [1.54, 1.807) is 16.7 Å². The Morgan fingerprint density at radius 2 is 2.24 bits per heavy atom. The first-order valence-electron chi connectivity index (χ1n) is 8.12. The summed E-state index contributed by atoms with van der Waals surface area (Å²) in [5, 5.41) is 2.45. The minimum absolute atomic E-state index is 0.121. The molecule has 0 spiro atoms. The molecule has 0 aliphatic carbocycles. The number of carbonyl (C=O) groups is 1. The van der Waals surface area contributed by atoms with E-state index in [1.807, 2.05) is 0 Å². The van der Waals surface area contributed by atoms with E-state index < -0.39 is 6.09 Å². The number of carbonyl (C=O) groups excluding carboxylic acids is 1. The van der Waals surface area contributed by atoms with Crippen molar-refractivity contribution in [3.8, 4) is 5.88 Å². The van der Waals surface area contributed by atoms with Crippen LogP contribution in [0.4, 0.5) is 4.79 Å². The second-order valence-electron chi connectivity index (χ2n) is 5.81. The summed E-state index contributed by atoms with van der Waals surface area (Å²) in [5.41, 5.74) is 0.942. The molecule has 1 amide bonds. The average molecular weight is 347 g/mol. The summed E-state index contributed by atoms with van der Waals surface area (Å²) >= 11 is 0. The summed E-state index contributed by atoms with van der Waals surface area (Å²) < 4.78 is 12.0. The Hall–Kier alpha value is -2.68. The summed E-state index contributed by atoms with van der Waals surface area (Å²) in [4.78, 5) is 34.1. The Balaban J connectivity index is 1.70. The number of fused-ring (bicyclic) bond motifs is 1. The zero-order valence-corrected chi connectivity index (χ0v) is 14.3. The van der Waals surface area contributed by atoms with Crippen LogP contribution in [-0.4, -0.2) is 65.4 Å². The maximum absolute atomic E-state index is 12.2. The Morgan fingerprint density at radius 1 is 1.40 bits per heavy atom. The van der Waals surface area contributed by atoms with Crippen molar-refractivity contribution in [1.29, 1.82) is 0 Å². The van der Waals surface area contributed by atoms with Gasteiger partial charge in [-0.3, -0.25) is 14.3 Å². The van der Waals surface area contributed by atoms with Gasteiger partial charge in [-0.25, -0.2) is 9.78 Å². The molecule has 1 fully saturated rings. The van der Waals surface area contributed by atoms with Gasteiger partial charge in [0.1, 0.15) is 11.6 Å². The first-order chi connectivity index (χ1) is 12.1. The number of aromatic nitrogens is 3. The van der Waals surface area contributed by atoms with Crippen molar-refractivity contribution in [2.24, 2.45) is 0 Å². The van der Waals surface area contributed by atoms with Crippen LogP contribution in [0, 0.1) is 0 Å². The standard InChI is InChI=1S/C16H21N5O4/c1-17-16(23)25-11-5-6-20(10-11)7-8-21-14(22)9-18-12-3-4-13(24-2)19-15(12)21/h3-4,9,11H,5-8,10H2,1-2H3,(H,17,23)/t11-/m0/s1. The fourth-order valence-electron chi connectivity index (χ4n) is 2.90. The lowest BCUT2D eigenvalue weighted by molar-refractivity contribution is 0.102. The van der Waals surface area contributed by atoms with Gasteiger partial charge in [0, 0.05) is 39.3 Å². The average Bonchev–Trinajstić information content (AvgIpc) is 3.07. The topological polar surface area (TPSA) is 98.6 Å². The van der Waals surface area contributed by atoms with Crippen LogP contribution in [0.5, 0.6) is 5.88 Å². The van der Waals surface area contributed by atoms with Crippen LogP contribution in [0.25, 0.3) is 11.2 Å². The Bertz CT molecular complexity index is 822. The van der Waals surface area contributed by atoms with Gasteiger partial charge in [-0.1, -0.05) is 0 Å². The molecule has 0 saturated carbocycles. The van der Waals surface area contributed by atoms with Crippen molar-refractivity contribution >= 4 is 17.3 Å². The van der Waals surface area contributed by atoms with E-state index in [0.717, 1.165) is 13.0 Å². The van der Waals surface area contributed by atoms with Gasteiger partial charge in [0.25, 0.3) is 5.56 Å². The molecule has 134 valence electrons. The molecule has 3 rings (SSSR count). The van der Waals surface area contributed by atoms with Gasteiger partial charge in [0.05, 0.1) is 13.3 Å². The fourth-order valence-corrected chi connectivity index (χ4v) is 2.90. The summed E-state index contributed by atoms with van der Waals surface area (Å²) in [6.07, 6.45) is 1.55. The van der Waals surface area contributed by atoms with E-state index in [9.17, 15) is 9.59 Å². The van der Waals surface area contributed by atoms with Gasteiger partial charge < -0.3 is 14.8 Å². The van der Waals surface area contributed by atoms with Gasteiger partial charge >= 0.3 is 6.09 Å². The summed E-state index contributed by atoms with van der Waals surface area (Å²) in [5.74, 6) is 0.439. The lowest BCUT2D eigenvalue weighted by Gasteiger charge is -2.17. The van der Waals surface area contributed by atoms with Crippen LogP contribution in [0.15, 0.2) is 23.1 Å². The molecule has 0 aromatic carbocycles. The first kappa shape index (κ1) is 17.2. The molecule has 0 bridgehead atoms. The fraction of sp³-hybridized carbons (Fsp3) is 0.500. The quantitative estimate of drug-likeness (QED) is 0.826. The number of hydrogen-bond donors (Lipinski definition) is 1. The molecule has 1 atom stereocenters. The van der Waals surface area contributed by atoms with Crippen molar-refractivity contribution in [2.75, 3.05) is 33.8 Å². The van der Waals surface area contributed by atoms with E-state index in [2.05, 4.69) is 20.2 Å². The maximum Gasteiger partial charge on any atom is 0.407 e. The minimum Gasteiger partial charge on any atom is -0.481 e. The predicted molar refractivity (Wildman–Crippen MR) is 90.7 cm³/mol. The molecule has 1 saturated heterocycles. The third-order valence-electron chi connectivity index (χ3n) is 4.22. The summed E-state index contributed by atoms with van der Waals surface area (Å²) in [7, 11) is 3.07. The van der Waals surface area contributed by atoms with E-state index in [4.69, 9.17) is 9.47 Å². The van der Waals surface area contributed by atoms with Crippen LogP contribution in [0.3, 0.4) is 0 Å². The highest BCUT2D eigenvalue weighted by atomic mass is 16.6. The number of pyridine rings is 1. The number of nitrogens with one attached hydrogen (secondary N) is 1. The molecular weight excluding hydrogens is 326 g/mol. The van der Waals surface area contributed by atoms with Gasteiger partial charge in [0.15, 0.2) is 5.65 Å². The molecule has 2 aromatic heterocycles. The normalized spacial score (nSPS) is 17.6. The smallest absolute Gasteiger partial charge is 0.407 e. The molecule has 9 nitrogen and oxygen atoms in total.